The number of nitrogens with one attached hydrogen (secondary N) is 1. The van der Waals surface area contributed by atoms with E-state index in [1.807, 2.05) is 0 Å². The molecular formula is C12H17N3O2. The van der Waals surface area contributed by atoms with Crippen molar-refractivity contribution in [2.24, 2.45) is 0 Å². The second-order valence-electron chi connectivity index (χ2n) is 4.00. The number of carbonyl (C=O) groups excluding carboxylic acids is 1. The fraction of sp³-hybridized carbons (Fsp3) is 0.417. The molecule has 1 saturated heterocycles. The van der Waals surface area contributed by atoms with E-state index in [1.54, 1.807) is 30.3 Å². The normalized spacial score (nSPS) is 15.7. The highest BCUT2D eigenvalue weighted by Crippen LogP contribution is 2.26. The third-order valence-electron chi connectivity index (χ3n) is 2.76. The lowest BCUT2D eigenvalue weighted by atomic mass is 10.1. The fourth-order valence-electron chi connectivity index (χ4n) is 1.87. The minimum Gasteiger partial charge on any atom is -0.399 e. The van der Waals surface area contributed by atoms with Gasteiger partial charge in [0.2, 0.25) is 0 Å². The maximum absolute atomic E-state index is 11.8. The molecule has 1 aliphatic rings. The first-order chi connectivity index (χ1) is 8.22. The number of anilines is 2. The van der Waals surface area contributed by atoms with Crippen molar-refractivity contribution in [2.45, 2.75) is 12.8 Å². The largest absolute Gasteiger partial charge is 0.399 e. The van der Waals surface area contributed by atoms with Crippen LogP contribution in [0.15, 0.2) is 18.2 Å². The molecule has 1 fully saturated rings. The number of hydrogen-bond donors (Lipinski definition) is 2. The SMILES string of the molecule is CNC(=O)c1ccc(N)cc1N1CCCCO1. The highest BCUT2D eigenvalue weighted by Gasteiger charge is 2.19. The van der Waals surface area contributed by atoms with Gasteiger partial charge in [-0.05, 0) is 31.0 Å². The van der Waals surface area contributed by atoms with Gasteiger partial charge in [-0.3, -0.25) is 14.7 Å². The average molecular weight is 235 g/mol. The molecule has 1 aromatic rings. The summed E-state index contributed by atoms with van der Waals surface area (Å²) in [5, 5.41) is 4.37. The predicted octanol–water partition coefficient (Wildman–Crippen LogP) is 1.16. The maximum atomic E-state index is 11.8. The van der Waals surface area contributed by atoms with Gasteiger partial charge in [-0.15, -0.1) is 0 Å². The third-order valence-corrected chi connectivity index (χ3v) is 2.76. The summed E-state index contributed by atoms with van der Waals surface area (Å²) >= 11 is 0. The molecular weight excluding hydrogens is 218 g/mol. The number of nitrogens with two attached hydrogens (primary N) is 1. The van der Waals surface area contributed by atoms with Gasteiger partial charge in [0.05, 0.1) is 17.9 Å². The van der Waals surface area contributed by atoms with Crippen molar-refractivity contribution in [3.8, 4) is 0 Å². The van der Waals surface area contributed by atoms with Crippen LogP contribution >= 0.6 is 0 Å². The molecule has 0 spiro atoms. The molecule has 3 N–H and O–H groups in total. The smallest absolute Gasteiger partial charge is 0.253 e. The van der Waals surface area contributed by atoms with E-state index in [0.717, 1.165) is 25.1 Å². The summed E-state index contributed by atoms with van der Waals surface area (Å²) in [6.45, 7) is 1.47. The maximum Gasteiger partial charge on any atom is 0.253 e. The van der Waals surface area contributed by atoms with Crippen molar-refractivity contribution >= 4 is 17.3 Å². The van der Waals surface area contributed by atoms with Crippen molar-refractivity contribution in [3.63, 3.8) is 0 Å². The number of carbonyl (C=O) groups is 1. The molecule has 1 heterocycles. The second-order valence-corrected chi connectivity index (χ2v) is 4.00. The lowest BCUT2D eigenvalue weighted by Crippen LogP contribution is -2.32. The Morgan fingerprint density at radius 1 is 1.47 bits per heavy atom. The van der Waals surface area contributed by atoms with Crippen LogP contribution in [0.1, 0.15) is 23.2 Å². The second kappa shape index (κ2) is 5.05. The molecule has 1 aromatic carbocycles. The molecule has 5 nitrogen and oxygen atoms in total. The zero-order valence-corrected chi connectivity index (χ0v) is 9.90. The zero-order valence-electron chi connectivity index (χ0n) is 9.90. The quantitative estimate of drug-likeness (QED) is 0.755. The number of hydroxylamine groups is 1. The molecule has 0 atom stereocenters. The van der Waals surface area contributed by atoms with E-state index in [0.29, 0.717) is 17.9 Å². The number of nitrogen functional groups attached to an aromatic ring is 1. The Labute approximate surface area is 100 Å². The van der Waals surface area contributed by atoms with Crippen LogP contribution in [-0.4, -0.2) is 26.1 Å². The van der Waals surface area contributed by atoms with Gasteiger partial charge in [0.1, 0.15) is 0 Å². The molecule has 0 radical (unpaired) electrons. The number of rotatable bonds is 2. The van der Waals surface area contributed by atoms with E-state index in [4.69, 9.17) is 10.6 Å². The van der Waals surface area contributed by atoms with Gasteiger partial charge >= 0.3 is 0 Å². The number of amides is 1. The van der Waals surface area contributed by atoms with Crippen LogP contribution in [0.2, 0.25) is 0 Å². The van der Waals surface area contributed by atoms with Crippen molar-refractivity contribution in [1.29, 1.82) is 0 Å². The van der Waals surface area contributed by atoms with Crippen LogP contribution in [0, 0.1) is 0 Å². The van der Waals surface area contributed by atoms with Crippen molar-refractivity contribution in [2.75, 3.05) is 31.0 Å². The van der Waals surface area contributed by atoms with Gasteiger partial charge in [-0.25, -0.2) is 0 Å². The zero-order chi connectivity index (χ0) is 12.3. The van der Waals surface area contributed by atoms with E-state index in [-0.39, 0.29) is 5.91 Å². The summed E-state index contributed by atoms with van der Waals surface area (Å²) in [7, 11) is 1.61. The summed E-state index contributed by atoms with van der Waals surface area (Å²) in [5.74, 6) is -0.130. The standard InChI is InChI=1S/C12H17N3O2/c1-14-12(16)10-5-4-9(13)8-11(10)15-6-2-3-7-17-15/h4-5,8H,2-3,6-7,13H2,1H3,(H,14,16). The van der Waals surface area contributed by atoms with Crippen LogP contribution in [0.25, 0.3) is 0 Å². The Hall–Kier alpha value is -1.75. The third kappa shape index (κ3) is 2.50. The molecule has 17 heavy (non-hydrogen) atoms. The van der Waals surface area contributed by atoms with Gasteiger partial charge < -0.3 is 11.1 Å². The first kappa shape index (κ1) is 11.7. The van der Waals surface area contributed by atoms with Crippen LogP contribution in [-0.2, 0) is 4.84 Å². The van der Waals surface area contributed by atoms with Crippen LogP contribution in [0.3, 0.4) is 0 Å². The van der Waals surface area contributed by atoms with Crippen molar-refractivity contribution in [3.05, 3.63) is 23.8 Å². The average Bonchev–Trinajstić information content (AvgIpc) is 2.39. The molecule has 0 unspecified atom stereocenters. The monoisotopic (exact) mass is 235 g/mol. The van der Waals surface area contributed by atoms with Gasteiger partial charge in [0, 0.05) is 19.3 Å². The Bertz CT molecular complexity index is 414. The molecule has 1 amide bonds. The van der Waals surface area contributed by atoms with E-state index in [2.05, 4.69) is 5.32 Å². The summed E-state index contributed by atoms with van der Waals surface area (Å²) in [6, 6.07) is 5.22. The molecule has 1 aliphatic heterocycles. The Morgan fingerprint density at radius 3 is 2.94 bits per heavy atom. The van der Waals surface area contributed by atoms with Gasteiger partial charge in [0.15, 0.2) is 0 Å². The van der Waals surface area contributed by atoms with E-state index < -0.39 is 0 Å². The lowest BCUT2D eigenvalue weighted by Gasteiger charge is -2.29. The molecule has 0 bridgehead atoms. The molecule has 5 heteroatoms. The Balaban J connectivity index is 2.35. The molecule has 0 saturated carbocycles. The first-order valence-electron chi connectivity index (χ1n) is 5.74. The summed E-state index contributed by atoms with van der Waals surface area (Å²) in [4.78, 5) is 17.3. The summed E-state index contributed by atoms with van der Waals surface area (Å²) in [6.07, 6.45) is 2.11. The van der Waals surface area contributed by atoms with Gasteiger partial charge in [0.25, 0.3) is 5.91 Å². The fourth-order valence-corrected chi connectivity index (χ4v) is 1.87. The Kier molecular flexibility index (Phi) is 3.49. The topological polar surface area (TPSA) is 67.6 Å². The van der Waals surface area contributed by atoms with Gasteiger partial charge in [-0.1, -0.05) is 0 Å². The molecule has 2 rings (SSSR count). The summed E-state index contributed by atoms with van der Waals surface area (Å²) in [5.41, 5.74) is 7.72. The lowest BCUT2D eigenvalue weighted by molar-refractivity contribution is 0.0765. The summed E-state index contributed by atoms with van der Waals surface area (Å²) < 4.78 is 0. The predicted molar refractivity (Wildman–Crippen MR) is 66.8 cm³/mol. The number of nitrogens with zero attached hydrogens (tertiary/aromatic N) is 1. The highest BCUT2D eigenvalue weighted by molar-refractivity contribution is 6.00. The molecule has 0 aromatic heterocycles. The minimum absolute atomic E-state index is 0.130. The highest BCUT2D eigenvalue weighted by atomic mass is 16.7. The van der Waals surface area contributed by atoms with Crippen LogP contribution in [0.4, 0.5) is 11.4 Å². The molecule has 92 valence electrons. The van der Waals surface area contributed by atoms with Gasteiger partial charge in [-0.2, -0.15) is 0 Å². The molecule has 0 aliphatic carbocycles. The van der Waals surface area contributed by atoms with Crippen molar-refractivity contribution in [1.82, 2.24) is 5.32 Å². The minimum atomic E-state index is -0.130. The number of benzene rings is 1. The first-order valence-corrected chi connectivity index (χ1v) is 5.74. The van der Waals surface area contributed by atoms with E-state index >= 15 is 0 Å². The van der Waals surface area contributed by atoms with Crippen LogP contribution in [0.5, 0.6) is 0 Å². The Morgan fingerprint density at radius 2 is 2.29 bits per heavy atom. The van der Waals surface area contributed by atoms with E-state index in [9.17, 15) is 4.79 Å². The van der Waals surface area contributed by atoms with Crippen molar-refractivity contribution < 1.29 is 9.63 Å². The number of hydrogen-bond acceptors (Lipinski definition) is 4. The van der Waals surface area contributed by atoms with E-state index in [1.165, 1.54) is 0 Å². The van der Waals surface area contributed by atoms with Crippen LogP contribution < -0.4 is 16.1 Å².